The molecule has 1 aliphatic heterocycles. The minimum Gasteiger partial charge on any atom is -0.299 e. The molecule has 0 atom stereocenters. The Morgan fingerprint density at radius 2 is 2.18 bits per heavy atom. The predicted octanol–water partition coefficient (Wildman–Crippen LogP) is 3.76. The highest BCUT2D eigenvalue weighted by Gasteiger charge is 2.31. The van der Waals surface area contributed by atoms with Gasteiger partial charge >= 0.3 is 0 Å². The number of para-hydroxylation sites is 1. The molecule has 1 aliphatic rings. The maximum atomic E-state index is 6.15. The molecule has 0 aliphatic carbocycles. The molecule has 0 N–H and O–H groups in total. The Labute approximate surface area is 110 Å². The molecule has 0 radical (unpaired) electrons. The highest BCUT2D eigenvalue weighted by Crippen LogP contribution is 2.35. The first-order valence-electron chi connectivity index (χ1n) is 5.94. The number of hydrogen-bond acceptors (Lipinski definition) is 3. The SMILES string of the molecule is CC(C)N1CC(c2nc3c(Cl)cccc3s2)C1. The number of nitrogens with zero attached hydrogens (tertiary/aromatic N) is 2. The summed E-state index contributed by atoms with van der Waals surface area (Å²) in [6.07, 6.45) is 0. The second kappa shape index (κ2) is 4.23. The van der Waals surface area contributed by atoms with Gasteiger partial charge in [0, 0.05) is 25.0 Å². The van der Waals surface area contributed by atoms with E-state index >= 15 is 0 Å². The number of benzene rings is 1. The molecule has 17 heavy (non-hydrogen) atoms. The van der Waals surface area contributed by atoms with Gasteiger partial charge in [-0.05, 0) is 26.0 Å². The maximum absolute atomic E-state index is 6.15. The number of thiazole rings is 1. The Morgan fingerprint density at radius 3 is 2.82 bits per heavy atom. The number of likely N-dealkylation sites (tertiary alicyclic amines) is 1. The van der Waals surface area contributed by atoms with Crippen LogP contribution < -0.4 is 0 Å². The third kappa shape index (κ3) is 1.96. The molecular weight excluding hydrogens is 252 g/mol. The predicted molar refractivity (Wildman–Crippen MR) is 74.1 cm³/mol. The molecule has 0 spiro atoms. The van der Waals surface area contributed by atoms with E-state index in [0.29, 0.717) is 12.0 Å². The van der Waals surface area contributed by atoms with Crippen molar-refractivity contribution in [3.63, 3.8) is 0 Å². The van der Waals surface area contributed by atoms with Gasteiger partial charge in [0.2, 0.25) is 0 Å². The zero-order valence-corrected chi connectivity index (χ0v) is 11.6. The first-order chi connectivity index (χ1) is 8.15. The second-order valence-corrected chi connectivity index (χ2v) is 6.35. The van der Waals surface area contributed by atoms with Crippen molar-refractivity contribution in [3.8, 4) is 0 Å². The van der Waals surface area contributed by atoms with E-state index in [9.17, 15) is 0 Å². The summed E-state index contributed by atoms with van der Waals surface area (Å²) in [6, 6.07) is 6.65. The van der Waals surface area contributed by atoms with Crippen LogP contribution in [0.2, 0.25) is 5.02 Å². The summed E-state index contributed by atoms with van der Waals surface area (Å²) in [6.45, 7) is 6.75. The lowest BCUT2D eigenvalue weighted by atomic mass is 9.99. The van der Waals surface area contributed by atoms with Crippen molar-refractivity contribution in [2.75, 3.05) is 13.1 Å². The molecule has 1 aromatic carbocycles. The monoisotopic (exact) mass is 266 g/mol. The van der Waals surface area contributed by atoms with E-state index in [4.69, 9.17) is 11.6 Å². The summed E-state index contributed by atoms with van der Waals surface area (Å²) in [5.74, 6) is 0.603. The topological polar surface area (TPSA) is 16.1 Å². The summed E-state index contributed by atoms with van der Waals surface area (Å²) < 4.78 is 1.20. The van der Waals surface area contributed by atoms with Crippen LogP contribution in [0.3, 0.4) is 0 Å². The van der Waals surface area contributed by atoms with Gasteiger partial charge in [0.05, 0.1) is 14.7 Å². The van der Waals surface area contributed by atoms with Crippen LogP contribution in [0.4, 0.5) is 0 Å². The van der Waals surface area contributed by atoms with Gasteiger partial charge in [-0.2, -0.15) is 0 Å². The van der Waals surface area contributed by atoms with Gasteiger partial charge < -0.3 is 0 Å². The van der Waals surface area contributed by atoms with E-state index in [-0.39, 0.29) is 0 Å². The van der Waals surface area contributed by atoms with Crippen LogP contribution >= 0.6 is 22.9 Å². The van der Waals surface area contributed by atoms with Gasteiger partial charge in [-0.1, -0.05) is 17.7 Å². The second-order valence-electron chi connectivity index (χ2n) is 4.88. The molecule has 0 saturated carbocycles. The molecule has 0 bridgehead atoms. The maximum Gasteiger partial charge on any atom is 0.100 e. The molecule has 4 heteroatoms. The van der Waals surface area contributed by atoms with Crippen LogP contribution in [0.5, 0.6) is 0 Å². The minimum atomic E-state index is 0.603. The van der Waals surface area contributed by atoms with Gasteiger partial charge in [0.15, 0.2) is 0 Å². The summed E-state index contributed by atoms with van der Waals surface area (Å²) >= 11 is 7.94. The van der Waals surface area contributed by atoms with Crippen molar-refractivity contribution < 1.29 is 0 Å². The van der Waals surface area contributed by atoms with Crippen molar-refractivity contribution in [1.82, 2.24) is 9.88 Å². The first-order valence-corrected chi connectivity index (χ1v) is 7.13. The van der Waals surface area contributed by atoms with E-state index in [2.05, 4.69) is 29.8 Å². The number of hydrogen-bond donors (Lipinski definition) is 0. The molecule has 3 rings (SSSR count). The smallest absolute Gasteiger partial charge is 0.100 e. The van der Waals surface area contributed by atoms with Gasteiger partial charge in [0.25, 0.3) is 0 Å². The van der Waals surface area contributed by atoms with E-state index in [1.807, 2.05) is 12.1 Å². The lowest BCUT2D eigenvalue weighted by Crippen LogP contribution is -2.48. The summed E-state index contributed by atoms with van der Waals surface area (Å²) in [5, 5.41) is 2.01. The number of halogens is 1. The Morgan fingerprint density at radius 1 is 1.41 bits per heavy atom. The summed E-state index contributed by atoms with van der Waals surface area (Å²) in [5.41, 5.74) is 0.970. The van der Waals surface area contributed by atoms with Gasteiger partial charge in [-0.15, -0.1) is 11.3 Å². The average Bonchev–Trinajstić information content (AvgIpc) is 2.59. The van der Waals surface area contributed by atoms with Crippen molar-refractivity contribution in [2.45, 2.75) is 25.8 Å². The number of rotatable bonds is 2. The summed E-state index contributed by atoms with van der Waals surface area (Å²) in [4.78, 5) is 7.16. The Balaban J connectivity index is 1.86. The van der Waals surface area contributed by atoms with Crippen LogP contribution in [0.25, 0.3) is 10.2 Å². The van der Waals surface area contributed by atoms with Crippen LogP contribution in [0.1, 0.15) is 24.8 Å². The quantitative estimate of drug-likeness (QED) is 0.823. The zero-order valence-electron chi connectivity index (χ0n) is 9.98. The third-order valence-electron chi connectivity index (χ3n) is 3.38. The molecule has 2 aromatic rings. The third-order valence-corrected chi connectivity index (χ3v) is 4.86. The van der Waals surface area contributed by atoms with Crippen molar-refractivity contribution in [2.24, 2.45) is 0 Å². The Bertz CT molecular complexity index is 543. The highest BCUT2D eigenvalue weighted by atomic mass is 35.5. The largest absolute Gasteiger partial charge is 0.299 e. The molecule has 2 nitrogen and oxygen atoms in total. The number of fused-ring (bicyclic) bond motifs is 1. The van der Waals surface area contributed by atoms with E-state index in [1.54, 1.807) is 11.3 Å². The Kier molecular flexibility index (Phi) is 2.85. The highest BCUT2D eigenvalue weighted by molar-refractivity contribution is 7.18. The van der Waals surface area contributed by atoms with Gasteiger partial charge in [-0.3, -0.25) is 4.90 Å². The fourth-order valence-electron chi connectivity index (χ4n) is 2.20. The standard InChI is InChI=1S/C13H15ClN2S/c1-8(2)16-6-9(7-16)13-15-12-10(14)4-3-5-11(12)17-13/h3-5,8-9H,6-7H2,1-2H3. The van der Waals surface area contributed by atoms with E-state index in [1.165, 1.54) is 9.71 Å². The molecule has 2 heterocycles. The summed E-state index contributed by atoms with van der Waals surface area (Å²) in [7, 11) is 0. The molecule has 1 aromatic heterocycles. The van der Waals surface area contributed by atoms with Crippen LogP contribution in [-0.2, 0) is 0 Å². The molecular formula is C13H15ClN2S. The van der Waals surface area contributed by atoms with Gasteiger partial charge in [-0.25, -0.2) is 4.98 Å². The lowest BCUT2D eigenvalue weighted by Gasteiger charge is -2.41. The van der Waals surface area contributed by atoms with Crippen molar-refractivity contribution >= 4 is 33.2 Å². The van der Waals surface area contributed by atoms with Crippen LogP contribution in [0.15, 0.2) is 18.2 Å². The zero-order chi connectivity index (χ0) is 12.0. The number of aromatic nitrogens is 1. The fourth-order valence-corrected chi connectivity index (χ4v) is 3.55. The van der Waals surface area contributed by atoms with Crippen molar-refractivity contribution in [3.05, 3.63) is 28.2 Å². The normalized spacial score (nSPS) is 17.9. The molecule has 90 valence electrons. The molecule has 1 fully saturated rings. The van der Waals surface area contributed by atoms with E-state index in [0.717, 1.165) is 23.6 Å². The molecule has 1 saturated heterocycles. The first kappa shape index (κ1) is 11.5. The fraction of sp³-hybridized carbons (Fsp3) is 0.462. The van der Waals surface area contributed by atoms with Gasteiger partial charge in [0.1, 0.15) is 5.52 Å². The minimum absolute atomic E-state index is 0.603. The Hall–Kier alpha value is -0.640. The lowest BCUT2D eigenvalue weighted by molar-refractivity contribution is 0.110. The van der Waals surface area contributed by atoms with Crippen LogP contribution in [-0.4, -0.2) is 29.0 Å². The van der Waals surface area contributed by atoms with E-state index < -0.39 is 0 Å². The van der Waals surface area contributed by atoms with Crippen LogP contribution in [0, 0.1) is 0 Å². The average molecular weight is 267 g/mol. The molecule has 0 amide bonds. The van der Waals surface area contributed by atoms with Crippen molar-refractivity contribution in [1.29, 1.82) is 0 Å². The molecule has 0 unspecified atom stereocenters.